The average molecular weight is 340 g/mol. The highest BCUT2D eigenvalue weighted by atomic mass is 19.4. The molecule has 3 rings (SSSR count). The molecule has 24 heavy (non-hydrogen) atoms. The average Bonchev–Trinajstić information content (AvgIpc) is 2.57. The number of alkyl halides is 3. The van der Waals surface area contributed by atoms with Crippen LogP contribution in [0.4, 0.5) is 18.9 Å². The summed E-state index contributed by atoms with van der Waals surface area (Å²) in [5.74, 6) is 0.528. The van der Waals surface area contributed by atoms with Crippen molar-refractivity contribution in [3.63, 3.8) is 0 Å². The zero-order valence-electron chi connectivity index (χ0n) is 13.7. The van der Waals surface area contributed by atoms with Gasteiger partial charge in [-0.2, -0.15) is 13.2 Å². The van der Waals surface area contributed by atoms with E-state index >= 15 is 0 Å². The van der Waals surface area contributed by atoms with Crippen molar-refractivity contribution >= 4 is 11.5 Å². The van der Waals surface area contributed by atoms with Crippen LogP contribution in [-0.2, 0) is 11.0 Å². The molecule has 1 aromatic rings. The molecule has 1 heterocycles. The van der Waals surface area contributed by atoms with E-state index in [1.54, 1.807) is 6.07 Å². The van der Waals surface area contributed by atoms with E-state index in [-0.39, 0.29) is 5.92 Å². The smallest absolute Gasteiger partial charge is 0.369 e. The van der Waals surface area contributed by atoms with Crippen LogP contribution in [0, 0.1) is 5.92 Å². The Morgan fingerprint density at radius 2 is 1.83 bits per heavy atom. The predicted octanol–water partition coefficient (Wildman–Crippen LogP) is 3.59. The highest BCUT2D eigenvalue weighted by Crippen LogP contribution is 2.32. The molecule has 2 aliphatic rings. The van der Waals surface area contributed by atoms with Crippen molar-refractivity contribution in [1.29, 1.82) is 0 Å². The minimum atomic E-state index is -4.31. The van der Waals surface area contributed by atoms with Gasteiger partial charge in [0, 0.05) is 50.7 Å². The van der Waals surface area contributed by atoms with Gasteiger partial charge in [-0.15, -0.1) is 0 Å². The van der Waals surface area contributed by atoms with Gasteiger partial charge >= 0.3 is 6.18 Å². The van der Waals surface area contributed by atoms with Crippen LogP contribution in [0.5, 0.6) is 0 Å². The van der Waals surface area contributed by atoms with E-state index in [0.717, 1.165) is 45.0 Å². The maximum atomic E-state index is 12.8. The van der Waals surface area contributed by atoms with E-state index in [4.69, 9.17) is 0 Å². The van der Waals surface area contributed by atoms with Gasteiger partial charge in [-0.05, 0) is 31.0 Å². The number of hydrogen-bond acceptors (Lipinski definition) is 3. The molecule has 1 aliphatic carbocycles. The fraction of sp³-hybridized carbons (Fsp3) is 0.611. The molecule has 1 aromatic carbocycles. The van der Waals surface area contributed by atoms with E-state index in [0.29, 0.717) is 31.0 Å². The molecular weight excluding hydrogens is 317 g/mol. The number of hydrogen-bond donors (Lipinski definition) is 0. The summed E-state index contributed by atoms with van der Waals surface area (Å²) >= 11 is 0. The van der Waals surface area contributed by atoms with Crippen molar-refractivity contribution in [2.75, 3.05) is 37.6 Å². The lowest BCUT2D eigenvalue weighted by atomic mass is 9.87. The first-order chi connectivity index (χ1) is 11.4. The van der Waals surface area contributed by atoms with E-state index < -0.39 is 11.7 Å². The Morgan fingerprint density at radius 1 is 1.08 bits per heavy atom. The van der Waals surface area contributed by atoms with Crippen LogP contribution in [-0.4, -0.2) is 43.4 Å². The van der Waals surface area contributed by atoms with E-state index in [1.165, 1.54) is 12.1 Å². The number of Topliss-reactive ketones (excluding diaryl/α,β-unsaturated/α-hetero) is 1. The third kappa shape index (κ3) is 4.09. The molecule has 2 fully saturated rings. The summed E-state index contributed by atoms with van der Waals surface area (Å²) < 4.78 is 38.5. The zero-order valence-corrected chi connectivity index (χ0v) is 13.7. The SMILES string of the molecule is O=C1CCCCC1CN1CCN(c2cccc(C(F)(F)F)c2)CC1. The number of anilines is 1. The summed E-state index contributed by atoms with van der Waals surface area (Å²) in [5, 5.41) is 0. The fourth-order valence-corrected chi connectivity index (χ4v) is 3.63. The summed E-state index contributed by atoms with van der Waals surface area (Å²) in [4.78, 5) is 16.2. The molecule has 0 bridgehead atoms. The van der Waals surface area contributed by atoms with Crippen LogP contribution < -0.4 is 4.90 Å². The number of benzene rings is 1. The number of halogens is 3. The zero-order chi connectivity index (χ0) is 17.2. The topological polar surface area (TPSA) is 23.6 Å². The second kappa shape index (κ2) is 7.13. The third-order valence-corrected chi connectivity index (χ3v) is 5.07. The van der Waals surface area contributed by atoms with Crippen molar-refractivity contribution in [2.24, 2.45) is 5.92 Å². The summed E-state index contributed by atoms with van der Waals surface area (Å²) in [6, 6.07) is 5.52. The fourth-order valence-electron chi connectivity index (χ4n) is 3.63. The van der Waals surface area contributed by atoms with E-state index in [2.05, 4.69) is 4.90 Å². The van der Waals surface area contributed by atoms with Crippen molar-refractivity contribution < 1.29 is 18.0 Å². The normalized spacial score (nSPS) is 23.5. The summed E-state index contributed by atoms with van der Waals surface area (Å²) in [7, 11) is 0. The van der Waals surface area contributed by atoms with E-state index in [1.807, 2.05) is 4.90 Å². The maximum Gasteiger partial charge on any atom is 0.416 e. The van der Waals surface area contributed by atoms with Crippen molar-refractivity contribution in [3.05, 3.63) is 29.8 Å². The van der Waals surface area contributed by atoms with Gasteiger partial charge in [0.25, 0.3) is 0 Å². The Balaban J connectivity index is 1.56. The van der Waals surface area contributed by atoms with Crippen molar-refractivity contribution in [1.82, 2.24) is 4.90 Å². The highest BCUT2D eigenvalue weighted by Gasteiger charge is 2.31. The molecule has 1 saturated carbocycles. The molecule has 6 heteroatoms. The minimum absolute atomic E-state index is 0.152. The largest absolute Gasteiger partial charge is 0.416 e. The number of carbonyl (C=O) groups excluding carboxylic acids is 1. The Bertz CT molecular complexity index is 580. The molecule has 0 radical (unpaired) electrons. The van der Waals surface area contributed by atoms with Gasteiger partial charge in [-0.1, -0.05) is 12.5 Å². The quantitative estimate of drug-likeness (QED) is 0.840. The molecule has 1 aliphatic heterocycles. The monoisotopic (exact) mass is 340 g/mol. The number of nitrogens with zero attached hydrogens (tertiary/aromatic N) is 2. The lowest BCUT2D eigenvalue weighted by Crippen LogP contribution is -2.48. The summed E-state index contributed by atoms with van der Waals surface area (Å²) in [6.45, 7) is 3.78. The van der Waals surface area contributed by atoms with Gasteiger partial charge in [-0.3, -0.25) is 9.69 Å². The molecular formula is C18H23F3N2O. The molecule has 0 N–H and O–H groups in total. The Kier molecular flexibility index (Phi) is 5.13. The molecule has 0 aromatic heterocycles. The van der Waals surface area contributed by atoms with Crippen molar-refractivity contribution in [2.45, 2.75) is 31.9 Å². The number of carbonyl (C=O) groups is 1. The molecule has 1 saturated heterocycles. The lowest BCUT2D eigenvalue weighted by molar-refractivity contribution is -0.137. The van der Waals surface area contributed by atoms with Crippen LogP contribution >= 0.6 is 0 Å². The van der Waals surface area contributed by atoms with Gasteiger partial charge in [0.1, 0.15) is 5.78 Å². The van der Waals surface area contributed by atoms with Crippen LogP contribution in [0.2, 0.25) is 0 Å². The van der Waals surface area contributed by atoms with Gasteiger partial charge in [-0.25, -0.2) is 0 Å². The second-order valence-electron chi connectivity index (χ2n) is 6.74. The number of piperazine rings is 1. The highest BCUT2D eigenvalue weighted by molar-refractivity contribution is 5.81. The molecule has 1 unspecified atom stereocenters. The van der Waals surface area contributed by atoms with Crippen LogP contribution in [0.15, 0.2) is 24.3 Å². The Labute approximate surface area is 140 Å². The van der Waals surface area contributed by atoms with Gasteiger partial charge in [0.05, 0.1) is 5.56 Å². The van der Waals surface area contributed by atoms with Gasteiger partial charge < -0.3 is 4.90 Å². The molecule has 1 atom stereocenters. The standard InChI is InChI=1S/C18H23F3N2O/c19-18(20,21)15-5-3-6-16(12-15)23-10-8-22(9-11-23)13-14-4-1-2-7-17(14)24/h3,5-6,12,14H,1-2,4,7-11,13H2. The molecule has 0 amide bonds. The first kappa shape index (κ1) is 17.3. The maximum absolute atomic E-state index is 12.8. The number of ketones is 1. The minimum Gasteiger partial charge on any atom is -0.369 e. The predicted molar refractivity (Wildman–Crippen MR) is 87.1 cm³/mol. The molecule has 132 valence electrons. The first-order valence-corrected chi connectivity index (χ1v) is 8.61. The molecule has 0 spiro atoms. The van der Waals surface area contributed by atoms with Gasteiger partial charge in [0.2, 0.25) is 0 Å². The van der Waals surface area contributed by atoms with Crippen LogP contribution in [0.1, 0.15) is 31.2 Å². The Morgan fingerprint density at radius 3 is 2.50 bits per heavy atom. The second-order valence-corrected chi connectivity index (χ2v) is 6.74. The summed E-state index contributed by atoms with van der Waals surface area (Å²) in [6.07, 6.45) is -0.486. The lowest BCUT2D eigenvalue weighted by Gasteiger charge is -2.38. The molecule has 3 nitrogen and oxygen atoms in total. The Hall–Kier alpha value is -1.56. The van der Waals surface area contributed by atoms with Gasteiger partial charge in [0.15, 0.2) is 0 Å². The van der Waals surface area contributed by atoms with E-state index in [9.17, 15) is 18.0 Å². The first-order valence-electron chi connectivity index (χ1n) is 8.61. The van der Waals surface area contributed by atoms with Crippen molar-refractivity contribution in [3.8, 4) is 0 Å². The summed E-state index contributed by atoms with van der Waals surface area (Å²) in [5.41, 5.74) is 0.0217. The van der Waals surface area contributed by atoms with Crippen LogP contribution in [0.25, 0.3) is 0 Å². The number of rotatable bonds is 3. The third-order valence-electron chi connectivity index (χ3n) is 5.07. The van der Waals surface area contributed by atoms with Crippen LogP contribution in [0.3, 0.4) is 0 Å².